The lowest BCUT2D eigenvalue weighted by molar-refractivity contribution is 0.00578. The van der Waals surface area contributed by atoms with E-state index in [1.54, 1.807) is 0 Å². The minimum atomic E-state index is -0.297. The lowest BCUT2D eigenvalue weighted by Crippen LogP contribution is -2.41. The number of aromatic nitrogens is 2. The molecule has 1 saturated heterocycles. The molecule has 0 N–H and O–H groups in total. The molecule has 1 aliphatic heterocycles. The average molecular weight is 262 g/mol. The van der Waals surface area contributed by atoms with E-state index >= 15 is 0 Å². The highest BCUT2D eigenvalue weighted by molar-refractivity contribution is 6.61. The van der Waals surface area contributed by atoms with Crippen LogP contribution in [0.4, 0.5) is 0 Å². The molecule has 4 nitrogen and oxygen atoms in total. The molecule has 2 aliphatic rings. The first-order valence-corrected chi connectivity index (χ1v) is 7.20. The van der Waals surface area contributed by atoms with Gasteiger partial charge in [-0.2, -0.15) is 5.10 Å². The van der Waals surface area contributed by atoms with Gasteiger partial charge in [-0.15, -0.1) is 0 Å². The van der Waals surface area contributed by atoms with Crippen LogP contribution in [0.2, 0.25) is 0 Å². The Hall–Kier alpha value is -0.805. The Balaban J connectivity index is 1.78. The van der Waals surface area contributed by atoms with Crippen molar-refractivity contribution in [1.82, 2.24) is 9.78 Å². The van der Waals surface area contributed by atoms with Crippen molar-refractivity contribution >= 4 is 12.6 Å². The zero-order chi connectivity index (χ0) is 13.8. The zero-order valence-corrected chi connectivity index (χ0v) is 12.5. The van der Waals surface area contributed by atoms with Crippen LogP contribution in [0.3, 0.4) is 0 Å². The van der Waals surface area contributed by atoms with Gasteiger partial charge in [0.05, 0.1) is 17.2 Å². The number of nitrogens with zero attached hydrogens (tertiary/aromatic N) is 2. The normalized spacial score (nSPS) is 32.4. The molecule has 104 valence electrons. The molecule has 19 heavy (non-hydrogen) atoms. The molecule has 2 fully saturated rings. The predicted octanol–water partition coefficient (Wildman–Crippen LogP) is 2.15. The molecule has 0 amide bonds. The minimum Gasteiger partial charge on any atom is -0.399 e. The summed E-state index contributed by atoms with van der Waals surface area (Å²) in [7, 11) is -0.297. The van der Waals surface area contributed by atoms with Crippen molar-refractivity contribution in [2.24, 2.45) is 5.92 Å². The van der Waals surface area contributed by atoms with Crippen LogP contribution in [0, 0.1) is 5.92 Å². The fourth-order valence-electron chi connectivity index (χ4n) is 2.68. The fraction of sp³-hybridized carbons (Fsp3) is 0.786. The van der Waals surface area contributed by atoms with Gasteiger partial charge < -0.3 is 9.31 Å². The van der Waals surface area contributed by atoms with E-state index in [0.717, 1.165) is 11.4 Å². The van der Waals surface area contributed by atoms with E-state index in [0.29, 0.717) is 6.04 Å². The summed E-state index contributed by atoms with van der Waals surface area (Å²) in [6, 6.07) is 0.552. The Bertz CT molecular complexity index is 468. The molecule has 2 atom stereocenters. The third-order valence-corrected chi connectivity index (χ3v) is 5.06. The van der Waals surface area contributed by atoms with Crippen molar-refractivity contribution in [3.8, 4) is 0 Å². The third-order valence-electron chi connectivity index (χ3n) is 5.06. The van der Waals surface area contributed by atoms with Gasteiger partial charge in [-0.1, -0.05) is 6.92 Å². The van der Waals surface area contributed by atoms with Crippen LogP contribution in [-0.2, 0) is 9.31 Å². The lowest BCUT2D eigenvalue weighted by Gasteiger charge is -2.33. The van der Waals surface area contributed by atoms with Crippen molar-refractivity contribution in [2.45, 2.75) is 64.7 Å². The van der Waals surface area contributed by atoms with Gasteiger partial charge in [0.1, 0.15) is 0 Å². The van der Waals surface area contributed by atoms with E-state index in [4.69, 9.17) is 9.31 Å². The summed E-state index contributed by atoms with van der Waals surface area (Å²) in [5, 5.41) is 4.49. The van der Waals surface area contributed by atoms with Crippen LogP contribution in [0.5, 0.6) is 0 Å². The largest absolute Gasteiger partial charge is 0.498 e. The summed E-state index contributed by atoms with van der Waals surface area (Å²) in [6.45, 7) is 10.6. The lowest BCUT2D eigenvalue weighted by atomic mass is 9.80. The Kier molecular flexibility index (Phi) is 2.84. The first-order valence-electron chi connectivity index (χ1n) is 7.20. The van der Waals surface area contributed by atoms with Crippen molar-refractivity contribution in [3.63, 3.8) is 0 Å². The maximum Gasteiger partial charge on any atom is 0.498 e. The topological polar surface area (TPSA) is 36.3 Å². The molecule has 1 saturated carbocycles. The van der Waals surface area contributed by atoms with Gasteiger partial charge in [-0.3, -0.25) is 4.68 Å². The van der Waals surface area contributed by atoms with Crippen LogP contribution in [0.15, 0.2) is 12.4 Å². The van der Waals surface area contributed by atoms with Gasteiger partial charge in [0.25, 0.3) is 0 Å². The highest BCUT2D eigenvalue weighted by Gasteiger charge is 2.52. The molecular formula is C14H23BN2O2. The van der Waals surface area contributed by atoms with E-state index in [9.17, 15) is 0 Å². The van der Waals surface area contributed by atoms with E-state index in [2.05, 4.69) is 50.6 Å². The van der Waals surface area contributed by atoms with Crippen LogP contribution < -0.4 is 5.46 Å². The molecular weight excluding hydrogens is 239 g/mol. The summed E-state index contributed by atoms with van der Waals surface area (Å²) < 4.78 is 14.2. The Morgan fingerprint density at radius 1 is 1.21 bits per heavy atom. The van der Waals surface area contributed by atoms with Crippen molar-refractivity contribution in [1.29, 1.82) is 0 Å². The molecule has 5 heteroatoms. The maximum absolute atomic E-state index is 6.05. The fourth-order valence-corrected chi connectivity index (χ4v) is 2.68. The molecule has 0 spiro atoms. The molecule has 1 aliphatic carbocycles. The Morgan fingerprint density at radius 2 is 1.84 bits per heavy atom. The standard InChI is InChI=1S/C14H23BN2O2/c1-10-6-7-12(10)17-9-11(8-16-17)15-18-13(2,3)14(4,5)19-15/h8-10,12H,6-7H2,1-5H3/t10-,12+/m1/s1. The van der Waals surface area contributed by atoms with Gasteiger partial charge >= 0.3 is 7.12 Å². The first kappa shape index (κ1) is 13.2. The number of hydrogen-bond donors (Lipinski definition) is 0. The van der Waals surface area contributed by atoms with E-state index < -0.39 is 0 Å². The number of hydrogen-bond acceptors (Lipinski definition) is 3. The number of rotatable bonds is 2. The Labute approximate surface area is 115 Å². The van der Waals surface area contributed by atoms with Crippen molar-refractivity contribution in [3.05, 3.63) is 12.4 Å². The molecule has 1 aromatic heterocycles. The quantitative estimate of drug-likeness (QED) is 0.766. The molecule has 0 unspecified atom stereocenters. The second kappa shape index (κ2) is 4.09. The smallest absolute Gasteiger partial charge is 0.399 e. The van der Waals surface area contributed by atoms with Gasteiger partial charge in [-0.05, 0) is 46.5 Å². The molecule has 3 rings (SSSR count). The van der Waals surface area contributed by atoms with E-state index in [-0.39, 0.29) is 18.3 Å². The van der Waals surface area contributed by atoms with Crippen LogP contribution in [0.25, 0.3) is 0 Å². The van der Waals surface area contributed by atoms with E-state index in [1.807, 2.05) is 6.20 Å². The van der Waals surface area contributed by atoms with Crippen LogP contribution >= 0.6 is 0 Å². The second-order valence-corrected chi connectivity index (χ2v) is 6.96. The summed E-state index contributed by atoms with van der Waals surface area (Å²) in [5.41, 5.74) is 0.449. The van der Waals surface area contributed by atoms with Gasteiger partial charge in [0.2, 0.25) is 0 Å². The van der Waals surface area contributed by atoms with Crippen molar-refractivity contribution < 1.29 is 9.31 Å². The third kappa shape index (κ3) is 2.03. The second-order valence-electron chi connectivity index (χ2n) is 6.96. The van der Waals surface area contributed by atoms with Gasteiger partial charge in [-0.25, -0.2) is 0 Å². The molecule has 0 radical (unpaired) electrons. The van der Waals surface area contributed by atoms with Gasteiger partial charge in [0.15, 0.2) is 0 Å². The van der Waals surface area contributed by atoms with Crippen LogP contribution in [-0.4, -0.2) is 28.1 Å². The summed E-state index contributed by atoms with van der Waals surface area (Å²) >= 11 is 0. The van der Waals surface area contributed by atoms with Crippen LogP contribution in [0.1, 0.15) is 53.5 Å². The maximum atomic E-state index is 6.05. The minimum absolute atomic E-state index is 0.288. The summed E-state index contributed by atoms with van der Waals surface area (Å²) in [5.74, 6) is 0.728. The monoisotopic (exact) mass is 262 g/mol. The average Bonchev–Trinajstić information content (AvgIpc) is 2.81. The van der Waals surface area contributed by atoms with Crippen molar-refractivity contribution in [2.75, 3.05) is 0 Å². The Morgan fingerprint density at radius 3 is 2.32 bits per heavy atom. The SMILES string of the molecule is C[C@@H]1CC[C@@H]1n1cc(B2OC(C)(C)C(C)(C)O2)cn1. The molecule has 1 aromatic rings. The predicted molar refractivity (Wildman–Crippen MR) is 75.4 cm³/mol. The zero-order valence-electron chi connectivity index (χ0n) is 12.5. The van der Waals surface area contributed by atoms with E-state index in [1.165, 1.54) is 12.8 Å². The molecule has 0 aromatic carbocycles. The molecule has 0 bridgehead atoms. The summed E-state index contributed by atoms with van der Waals surface area (Å²) in [6.07, 6.45) is 6.50. The molecule has 2 heterocycles. The van der Waals surface area contributed by atoms with Gasteiger partial charge in [0, 0.05) is 17.9 Å². The highest BCUT2D eigenvalue weighted by Crippen LogP contribution is 2.38. The highest BCUT2D eigenvalue weighted by atomic mass is 16.7. The summed E-state index contributed by atoms with van der Waals surface area (Å²) in [4.78, 5) is 0. The first-order chi connectivity index (χ1) is 8.80.